The maximum Gasteiger partial charge on any atom is 0.122 e. The second kappa shape index (κ2) is 15.6. The summed E-state index contributed by atoms with van der Waals surface area (Å²) in [5.41, 5.74) is 0.402. The Hall–Kier alpha value is -1.37. The number of aliphatic hydroxyl groups is 1. The average molecular weight is 469 g/mol. The third kappa shape index (κ3) is 11.9. The van der Waals surface area contributed by atoms with Gasteiger partial charge in [-0.25, -0.2) is 0 Å². The minimum atomic E-state index is -0.885. The van der Waals surface area contributed by atoms with Crippen molar-refractivity contribution in [3.63, 3.8) is 0 Å². The molecule has 2 heterocycles. The zero-order valence-corrected chi connectivity index (χ0v) is 22.9. The van der Waals surface area contributed by atoms with Crippen LogP contribution in [0.1, 0.15) is 123 Å². The highest BCUT2D eigenvalue weighted by atomic mass is 16.3. The molecular formula is C31H52N2O. The van der Waals surface area contributed by atoms with E-state index < -0.39 is 5.60 Å². The number of pyridine rings is 1. The summed E-state index contributed by atoms with van der Waals surface area (Å²) < 4.78 is 0. The number of hydrogen-bond acceptors (Lipinski definition) is 3. The van der Waals surface area contributed by atoms with Crippen molar-refractivity contribution in [2.24, 2.45) is 17.8 Å². The topological polar surface area (TPSA) is 36.4 Å². The normalized spacial score (nSPS) is 20.4. The van der Waals surface area contributed by atoms with Gasteiger partial charge in [-0.1, -0.05) is 97.0 Å². The fourth-order valence-electron chi connectivity index (χ4n) is 5.30. The Kier molecular flexibility index (Phi) is 13.2. The maximum atomic E-state index is 10.8. The lowest BCUT2D eigenvalue weighted by molar-refractivity contribution is 0.107. The molecule has 1 fully saturated rings. The van der Waals surface area contributed by atoms with Crippen LogP contribution in [0.2, 0.25) is 0 Å². The smallest absolute Gasteiger partial charge is 0.122 e. The molecule has 192 valence electrons. The van der Waals surface area contributed by atoms with Crippen molar-refractivity contribution < 1.29 is 5.11 Å². The summed E-state index contributed by atoms with van der Waals surface area (Å²) >= 11 is 0. The molecule has 0 bridgehead atoms. The molecule has 0 unspecified atom stereocenters. The van der Waals surface area contributed by atoms with Crippen LogP contribution in [0, 0.1) is 29.6 Å². The van der Waals surface area contributed by atoms with Gasteiger partial charge >= 0.3 is 0 Å². The van der Waals surface area contributed by atoms with Gasteiger partial charge in [-0.05, 0) is 68.5 Å². The molecular weight excluding hydrogens is 416 g/mol. The lowest BCUT2D eigenvalue weighted by atomic mass is 9.90. The fourth-order valence-corrected chi connectivity index (χ4v) is 5.30. The summed E-state index contributed by atoms with van der Waals surface area (Å²) in [4.78, 5) is 6.76. The largest absolute Gasteiger partial charge is 0.378 e. The highest BCUT2D eigenvalue weighted by molar-refractivity contribution is 5.17. The van der Waals surface area contributed by atoms with Crippen LogP contribution in [-0.4, -0.2) is 33.7 Å². The second-order valence-corrected chi connectivity index (χ2v) is 11.7. The van der Waals surface area contributed by atoms with Crippen molar-refractivity contribution in [1.29, 1.82) is 0 Å². The predicted molar refractivity (Wildman–Crippen MR) is 146 cm³/mol. The zero-order valence-electron chi connectivity index (χ0n) is 22.9. The molecule has 1 aliphatic heterocycles. The molecule has 4 atom stereocenters. The fraction of sp³-hybridized carbons (Fsp3) is 0.774. The third-order valence-corrected chi connectivity index (χ3v) is 7.56. The van der Waals surface area contributed by atoms with Crippen LogP contribution >= 0.6 is 0 Å². The Morgan fingerprint density at radius 1 is 1.03 bits per heavy atom. The number of piperidine rings is 1. The first-order valence-electron chi connectivity index (χ1n) is 14.1. The molecule has 0 spiro atoms. The standard InChI is InChI=1S/C31H52N2O/c1-26(2)13-8-14-27(3)15-9-16-28(4)17-10-20-31(5,34)21-12-24-33-23-7-6-19-30(33)29-18-11-22-32-25-29/h11,18,22,25-28,30,34H,6-10,13-17,19-20,23-24H2,1-5H3/t27-,28+,30-,31-/m1/s1. The van der Waals surface area contributed by atoms with Crippen LogP contribution in [0.4, 0.5) is 0 Å². The van der Waals surface area contributed by atoms with Gasteiger partial charge in [0.05, 0.1) is 6.54 Å². The molecule has 3 nitrogen and oxygen atoms in total. The van der Waals surface area contributed by atoms with Crippen molar-refractivity contribution in [2.75, 3.05) is 13.1 Å². The van der Waals surface area contributed by atoms with E-state index in [0.29, 0.717) is 6.04 Å². The van der Waals surface area contributed by atoms with Gasteiger partial charge in [0.1, 0.15) is 5.60 Å². The maximum absolute atomic E-state index is 10.8. The van der Waals surface area contributed by atoms with Gasteiger partial charge in [0.15, 0.2) is 0 Å². The van der Waals surface area contributed by atoms with E-state index >= 15 is 0 Å². The van der Waals surface area contributed by atoms with E-state index in [4.69, 9.17) is 0 Å². The number of likely N-dealkylation sites (tertiary alicyclic amines) is 1. The first kappa shape index (κ1) is 28.9. The Morgan fingerprint density at radius 2 is 1.71 bits per heavy atom. The van der Waals surface area contributed by atoms with Crippen LogP contribution in [0.3, 0.4) is 0 Å². The summed E-state index contributed by atoms with van der Waals surface area (Å²) in [5, 5.41) is 10.8. The van der Waals surface area contributed by atoms with Crippen LogP contribution < -0.4 is 0 Å². The first-order valence-corrected chi connectivity index (χ1v) is 14.1. The van der Waals surface area contributed by atoms with E-state index in [2.05, 4.69) is 55.5 Å². The Bertz CT molecular complexity index is 718. The van der Waals surface area contributed by atoms with Crippen LogP contribution in [0.5, 0.6) is 0 Å². The molecule has 1 aromatic rings. The zero-order chi connectivity index (χ0) is 24.8. The summed E-state index contributed by atoms with van der Waals surface area (Å²) in [6.07, 6.45) is 18.6. The molecule has 0 aromatic carbocycles. The molecule has 1 N–H and O–H groups in total. The molecule has 0 radical (unpaired) electrons. The number of nitrogens with zero attached hydrogens (tertiary/aromatic N) is 2. The van der Waals surface area contributed by atoms with E-state index in [1.807, 2.05) is 25.4 Å². The monoisotopic (exact) mass is 468 g/mol. The molecule has 1 aromatic heterocycles. The van der Waals surface area contributed by atoms with Gasteiger partial charge in [0.2, 0.25) is 0 Å². The van der Waals surface area contributed by atoms with E-state index in [9.17, 15) is 5.11 Å². The molecule has 1 aliphatic rings. The summed E-state index contributed by atoms with van der Waals surface area (Å²) in [5.74, 6) is 8.93. The summed E-state index contributed by atoms with van der Waals surface area (Å²) in [7, 11) is 0. The quantitative estimate of drug-likeness (QED) is 0.283. The highest BCUT2D eigenvalue weighted by Crippen LogP contribution is 2.30. The Balaban J connectivity index is 1.65. The SMILES string of the molecule is CC(C)CCC[C@@H](C)CCC[C@H](C)CCC[C@@](C)(O)C#CCN1CCCC[C@@H]1c1cccnc1. The number of hydrogen-bond donors (Lipinski definition) is 1. The summed E-state index contributed by atoms with van der Waals surface area (Å²) in [6.45, 7) is 13.1. The summed E-state index contributed by atoms with van der Waals surface area (Å²) in [6, 6.07) is 4.60. The van der Waals surface area contributed by atoms with Crippen molar-refractivity contribution in [3.8, 4) is 11.8 Å². The highest BCUT2D eigenvalue weighted by Gasteiger charge is 2.23. The van der Waals surface area contributed by atoms with Crippen molar-refractivity contribution >= 4 is 0 Å². The number of aromatic nitrogens is 1. The molecule has 0 saturated carbocycles. The molecule has 0 amide bonds. The minimum absolute atomic E-state index is 0.403. The molecule has 1 saturated heterocycles. The lowest BCUT2D eigenvalue weighted by Crippen LogP contribution is -2.34. The Labute approximate surface area is 211 Å². The lowest BCUT2D eigenvalue weighted by Gasteiger charge is -2.34. The van der Waals surface area contributed by atoms with Crippen molar-refractivity contribution in [1.82, 2.24) is 9.88 Å². The van der Waals surface area contributed by atoms with Gasteiger partial charge < -0.3 is 5.11 Å². The Morgan fingerprint density at radius 3 is 2.35 bits per heavy atom. The minimum Gasteiger partial charge on any atom is -0.378 e. The predicted octanol–water partition coefficient (Wildman–Crippen LogP) is 7.80. The van der Waals surface area contributed by atoms with Gasteiger partial charge in [0.25, 0.3) is 0 Å². The number of rotatable bonds is 14. The van der Waals surface area contributed by atoms with Crippen molar-refractivity contribution in [3.05, 3.63) is 30.1 Å². The molecule has 34 heavy (non-hydrogen) atoms. The van der Waals surface area contributed by atoms with Gasteiger partial charge in [-0.15, -0.1) is 0 Å². The van der Waals surface area contributed by atoms with Crippen LogP contribution in [0.25, 0.3) is 0 Å². The second-order valence-electron chi connectivity index (χ2n) is 11.7. The van der Waals surface area contributed by atoms with E-state index in [1.165, 1.54) is 69.8 Å². The van der Waals surface area contributed by atoms with Crippen molar-refractivity contribution in [2.45, 2.75) is 123 Å². The van der Waals surface area contributed by atoms with E-state index in [-0.39, 0.29) is 0 Å². The molecule has 2 rings (SSSR count). The average Bonchev–Trinajstić information content (AvgIpc) is 2.79. The first-order chi connectivity index (χ1) is 16.3. The van der Waals surface area contributed by atoms with Crippen LogP contribution in [-0.2, 0) is 0 Å². The third-order valence-electron chi connectivity index (χ3n) is 7.56. The van der Waals surface area contributed by atoms with Gasteiger partial charge in [0, 0.05) is 18.4 Å². The van der Waals surface area contributed by atoms with Crippen LogP contribution in [0.15, 0.2) is 24.5 Å². The molecule has 0 aliphatic carbocycles. The van der Waals surface area contributed by atoms with E-state index in [0.717, 1.165) is 43.7 Å². The van der Waals surface area contributed by atoms with Gasteiger partial charge in [-0.3, -0.25) is 9.88 Å². The molecule has 3 heteroatoms. The van der Waals surface area contributed by atoms with E-state index in [1.54, 1.807) is 0 Å². The van der Waals surface area contributed by atoms with Gasteiger partial charge in [-0.2, -0.15) is 0 Å².